The van der Waals surface area contributed by atoms with Crippen molar-refractivity contribution in [2.75, 3.05) is 0 Å². The first-order valence-corrected chi connectivity index (χ1v) is 7.10. The summed E-state index contributed by atoms with van der Waals surface area (Å²) in [5, 5.41) is 8.96. The van der Waals surface area contributed by atoms with Crippen molar-refractivity contribution in [1.29, 1.82) is 0 Å². The number of carboxylic acid groups (broad SMARTS) is 1. The molecule has 0 saturated heterocycles. The summed E-state index contributed by atoms with van der Waals surface area (Å²) >= 11 is 0. The number of aliphatic carboxylic acids is 1. The van der Waals surface area contributed by atoms with Gasteiger partial charge < -0.3 is 5.11 Å². The monoisotopic (exact) mass is 266 g/mol. The van der Waals surface area contributed by atoms with Gasteiger partial charge in [0.2, 0.25) is 0 Å². The highest BCUT2D eigenvalue weighted by atomic mass is 16.4. The van der Waals surface area contributed by atoms with Crippen molar-refractivity contribution in [3.63, 3.8) is 0 Å². The SMILES string of the molecule is O=C(O)CCC1Cc2ccccc2Cc2ccccc21. The van der Waals surface area contributed by atoms with Crippen LogP contribution in [0.5, 0.6) is 0 Å². The van der Waals surface area contributed by atoms with Crippen molar-refractivity contribution in [2.24, 2.45) is 0 Å². The second-order valence-electron chi connectivity index (χ2n) is 5.48. The Morgan fingerprint density at radius 1 is 1.00 bits per heavy atom. The Bertz CT molecular complexity index is 631. The lowest BCUT2D eigenvalue weighted by Gasteiger charge is -2.17. The minimum absolute atomic E-state index is 0.237. The zero-order valence-corrected chi connectivity index (χ0v) is 11.4. The second kappa shape index (κ2) is 5.49. The Hall–Kier alpha value is -2.09. The Morgan fingerprint density at radius 3 is 2.40 bits per heavy atom. The molecule has 0 radical (unpaired) electrons. The van der Waals surface area contributed by atoms with E-state index in [1.165, 1.54) is 22.3 Å². The van der Waals surface area contributed by atoms with Gasteiger partial charge in [0.1, 0.15) is 0 Å². The zero-order chi connectivity index (χ0) is 13.9. The van der Waals surface area contributed by atoms with Crippen LogP contribution in [0.25, 0.3) is 0 Å². The molecule has 1 unspecified atom stereocenters. The van der Waals surface area contributed by atoms with Gasteiger partial charge in [-0.2, -0.15) is 0 Å². The van der Waals surface area contributed by atoms with Crippen LogP contribution >= 0.6 is 0 Å². The molecular formula is C18H18O2. The Labute approximate surface area is 119 Å². The van der Waals surface area contributed by atoms with Crippen molar-refractivity contribution in [2.45, 2.75) is 31.6 Å². The van der Waals surface area contributed by atoms with Crippen LogP contribution < -0.4 is 0 Å². The van der Waals surface area contributed by atoms with Gasteiger partial charge in [0.25, 0.3) is 0 Å². The van der Waals surface area contributed by atoms with Crippen LogP contribution in [0, 0.1) is 0 Å². The molecule has 2 aromatic carbocycles. The fraction of sp³-hybridized carbons (Fsp3) is 0.278. The Morgan fingerprint density at radius 2 is 1.65 bits per heavy atom. The van der Waals surface area contributed by atoms with E-state index in [1.807, 2.05) is 0 Å². The fourth-order valence-electron chi connectivity index (χ4n) is 3.16. The summed E-state index contributed by atoms with van der Waals surface area (Å²) in [5.41, 5.74) is 5.40. The molecule has 0 amide bonds. The average Bonchev–Trinajstić information content (AvgIpc) is 2.61. The van der Waals surface area contributed by atoms with Crippen LogP contribution in [0.3, 0.4) is 0 Å². The number of benzene rings is 2. The van der Waals surface area contributed by atoms with Gasteiger partial charge in [0, 0.05) is 6.42 Å². The minimum Gasteiger partial charge on any atom is -0.481 e. The molecule has 0 bridgehead atoms. The van der Waals surface area contributed by atoms with Crippen LogP contribution in [0.1, 0.15) is 41.0 Å². The van der Waals surface area contributed by atoms with E-state index in [9.17, 15) is 4.79 Å². The zero-order valence-electron chi connectivity index (χ0n) is 11.4. The molecule has 0 saturated carbocycles. The van der Waals surface area contributed by atoms with Gasteiger partial charge >= 0.3 is 5.97 Å². The first-order valence-electron chi connectivity index (χ1n) is 7.10. The smallest absolute Gasteiger partial charge is 0.303 e. The average molecular weight is 266 g/mol. The molecule has 0 aromatic heterocycles. The largest absolute Gasteiger partial charge is 0.481 e. The van der Waals surface area contributed by atoms with Gasteiger partial charge in [-0.3, -0.25) is 4.79 Å². The summed E-state index contributed by atoms with van der Waals surface area (Å²) in [6.45, 7) is 0. The van der Waals surface area contributed by atoms with E-state index >= 15 is 0 Å². The van der Waals surface area contributed by atoms with Crippen LogP contribution in [0.15, 0.2) is 48.5 Å². The number of rotatable bonds is 3. The standard InChI is InChI=1S/C18H18O2/c19-18(20)10-9-16-12-14-6-2-1-5-13(14)11-15-7-3-4-8-17(15)16/h1-8,16H,9-12H2,(H,19,20). The van der Waals surface area contributed by atoms with Gasteiger partial charge in [-0.25, -0.2) is 0 Å². The van der Waals surface area contributed by atoms with E-state index in [2.05, 4.69) is 48.5 Å². The van der Waals surface area contributed by atoms with Crippen molar-refractivity contribution >= 4 is 5.97 Å². The first kappa shape index (κ1) is 12.9. The molecule has 3 rings (SSSR count). The number of hydrogen-bond donors (Lipinski definition) is 1. The molecule has 1 aliphatic rings. The topological polar surface area (TPSA) is 37.3 Å². The normalized spacial score (nSPS) is 16.9. The van der Waals surface area contributed by atoms with Crippen LogP contribution in [0.2, 0.25) is 0 Å². The van der Waals surface area contributed by atoms with E-state index in [-0.39, 0.29) is 6.42 Å². The summed E-state index contributed by atoms with van der Waals surface area (Å²) < 4.78 is 0. The Kier molecular flexibility index (Phi) is 3.55. The first-order chi connectivity index (χ1) is 9.74. The molecule has 1 atom stereocenters. The molecule has 0 fully saturated rings. The predicted octanol–water partition coefficient (Wildman–Crippen LogP) is 3.78. The number of fused-ring (bicyclic) bond motifs is 2. The van der Waals surface area contributed by atoms with Gasteiger partial charge in [-0.1, -0.05) is 48.5 Å². The molecule has 2 aromatic rings. The maximum atomic E-state index is 10.9. The van der Waals surface area contributed by atoms with Crippen molar-refractivity contribution in [1.82, 2.24) is 0 Å². The van der Waals surface area contributed by atoms with Gasteiger partial charge in [-0.15, -0.1) is 0 Å². The number of carboxylic acids is 1. The maximum absolute atomic E-state index is 10.9. The van der Waals surface area contributed by atoms with Crippen molar-refractivity contribution in [3.05, 3.63) is 70.8 Å². The van der Waals surface area contributed by atoms with Crippen molar-refractivity contribution < 1.29 is 9.90 Å². The third-order valence-electron chi connectivity index (χ3n) is 4.17. The minimum atomic E-state index is -0.708. The molecule has 2 nitrogen and oxygen atoms in total. The highest BCUT2D eigenvalue weighted by Gasteiger charge is 2.22. The highest BCUT2D eigenvalue weighted by molar-refractivity contribution is 5.66. The van der Waals surface area contributed by atoms with Crippen molar-refractivity contribution in [3.8, 4) is 0 Å². The molecule has 0 aliphatic heterocycles. The second-order valence-corrected chi connectivity index (χ2v) is 5.48. The quantitative estimate of drug-likeness (QED) is 0.918. The summed E-state index contributed by atoms with van der Waals surface area (Å²) in [6, 6.07) is 17.0. The van der Waals surface area contributed by atoms with E-state index in [4.69, 9.17) is 5.11 Å². The van der Waals surface area contributed by atoms with Crippen LogP contribution in [-0.2, 0) is 17.6 Å². The van der Waals surface area contributed by atoms with E-state index in [0.29, 0.717) is 12.3 Å². The molecule has 102 valence electrons. The lowest BCUT2D eigenvalue weighted by Crippen LogP contribution is -2.06. The Balaban J connectivity index is 1.99. The molecule has 2 heteroatoms. The summed E-state index contributed by atoms with van der Waals surface area (Å²) in [6.07, 6.45) is 2.85. The third kappa shape index (κ3) is 2.60. The third-order valence-corrected chi connectivity index (χ3v) is 4.17. The van der Waals surface area contributed by atoms with Gasteiger partial charge in [-0.05, 0) is 47.4 Å². The molecular weight excluding hydrogens is 248 g/mol. The molecule has 1 aliphatic carbocycles. The maximum Gasteiger partial charge on any atom is 0.303 e. The lowest BCUT2D eigenvalue weighted by atomic mass is 9.88. The van der Waals surface area contributed by atoms with Gasteiger partial charge in [0.05, 0.1) is 0 Å². The van der Waals surface area contributed by atoms with Crippen LogP contribution in [-0.4, -0.2) is 11.1 Å². The van der Waals surface area contributed by atoms with E-state index < -0.39 is 5.97 Å². The van der Waals surface area contributed by atoms with Crippen LogP contribution in [0.4, 0.5) is 0 Å². The molecule has 20 heavy (non-hydrogen) atoms. The molecule has 0 spiro atoms. The predicted molar refractivity (Wildman–Crippen MR) is 79.0 cm³/mol. The summed E-state index contributed by atoms with van der Waals surface area (Å²) in [7, 11) is 0. The number of hydrogen-bond acceptors (Lipinski definition) is 1. The van der Waals surface area contributed by atoms with E-state index in [1.54, 1.807) is 0 Å². The van der Waals surface area contributed by atoms with Gasteiger partial charge in [0.15, 0.2) is 0 Å². The molecule has 0 heterocycles. The summed E-state index contributed by atoms with van der Waals surface area (Å²) in [5.74, 6) is -0.397. The molecule has 1 N–H and O–H groups in total. The highest BCUT2D eigenvalue weighted by Crippen LogP contribution is 2.34. The summed E-state index contributed by atoms with van der Waals surface area (Å²) in [4.78, 5) is 10.9. The van der Waals surface area contributed by atoms with E-state index in [0.717, 1.165) is 12.8 Å². The lowest BCUT2D eigenvalue weighted by molar-refractivity contribution is -0.137. The fourth-order valence-corrected chi connectivity index (χ4v) is 3.16. The number of carbonyl (C=O) groups is 1.